The van der Waals surface area contributed by atoms with Gasteiger partial charge >= 0.3 is 0 Å². The summed E-state index contributed by atoms with van der Waals surface area (Å²) in [6.45, 7) is 5.60. The molecule has 1 aliphatic carbocycles. The van der Waals surface area contributed by atoms with Gasteiger partial charge in [-0.2, -0.15) is 11.8 Å². The molecule has 1 unspecified atom stereocenters. The summed E-state index contributed by atoms with van der Waals surface area (Å²) in [6.07, 6.45) is 8.39. The lowest BCUT2D eigenvalue weighted by Gasteiger charge is -2.25. The summed E-state index contributed by atoms with van der Waals surface area (Å²) < 4.78 is 0. The predicted octanol–water partition coefficient (Wildman–Crippen LogP) is 5.10. The van der Waals surface area contributed by atoms with Crippen LogP contribution < -0.4 is 5.32 Å². The largest absolute Gasteiger partial charge is 0.309 e. The number of aryl methyl sites for hydroxylation is 1. The van der Waals surface area contributed by atoms with E-state index in [9.17, 15) is 0 Å². The van der Waals surface area contributed by atoms with Crippen molar-refractivity contribution < 1.29 is 0 Å². The van der Waals surface area contributed by atoms with Gasteiger partial charge in [0.25, 0.3) is 0 Å². The lowest BCUT2D eigenvalue weighted by molar-refractivity contribution is 0.513. The molecular formula is C18H29NS. The van der Waals surface area contributed by atoms with Crippen molar-refractivity contribution in [3.05, 3.63) is 35.4 Å². The zero-order valence-electron chi connectivity index (χ0n) is 13.0. The summed E-state index contributed by atoms with van der Waals surface area (Å²) in [5, 5.41) is 4.65. The Balaban J connectivity index is 1.94. The molecule has 1 nitrogen and oxygen atoms in total. The molecule has 0 saturated heterocycles. The van der Waals surface area contributed by atoms with Gasteiger partial charge in [0.15, 0.2) is 0 Å². The van der Waals surface area contributed by atoms with Crippen LogP contribution in [0.1, 0.15) is 62.6 Å². The maximum atomic E-state index is 3.75. The Hall–Kier alpha value is -0.470. The number of nitrogens with one attached hydrogen (secondary N) is 1. The second-order valence-electron chi connectivity index (χ2n) is 5.96. The Kier molecular flexibility index (Phi) is 6.95. The Morgan fingerprint density at radius 3 is 2.65 bits per heavy atom. The van der Waals surface area contributed by atoms with Crippen LogP contribution in [0.25, 0.3) is 0 Å². The zero-order chi connectivity index (χ0) is 14.2. The van der Waals surface area contributed by atoms with Gasteiger partial charge in [-0.3, -0.25) is 0 Å². The first-order valence-corrected chi connectivity index (χ1v) is 9.26. The van der Waals surface area contributed by atoms with E-state index in [2.05, 4.69) is 55.2 Å². The number of hydrogen-bond donors (Lipinski definition) is 1. The van der Waals surface area contributed by atoms with E-state index in [1.165, 1.54) is 55.4 Å². The van der Waals surface area contributed by atoms with Gasteiger partial charge in [-0.15, -0.1) is 0 Å². The standard InChI is InChI=1S/C18H29NS/c1-3-13-19-18(17-12-8-7-9-15(17)2)14-20-16-10-5-4-6-11-16/h7-9,12,16,18-19H,3-6,10-11,13-14H2,1-2H3. The van der Waals surface area contributed by atoms with Gasteiger partial charge in [0.05, 0.1) is 0 Å². The molecular weight excluding hydrogens is 262 g/mol. The van der Waals surface area contributed by atoms with Crippen molar-refractivity contribution in [2.45, 2.75) is 63.7 Å². The molecule has 20 heavy (non-hydrogen) atoms. The number of hydrogen-bond acceptors (Lipinski definition) is 2. The highest BCUT2D eigenvalue weighted by molar-refractivity contribution is 7.99. The molecule has 1 aromatic carbocycles. The highest BCUT2D eigenvalue weighted by Gasteiger charge is 2.18. The molecule has 1 aliphatic rings. The Labute approximate surface area is 128 Å². The van der Waals surface area contributed by atoms with Crippen LogP contribution >= 0.6 is 11.8 Å². The van der Waals surface area contributed by atoms with Crippen molar-refractivity contribution in [1.82, 2.24) is 5.32 Å². The van der Waals surface area contributed by atoms with Crippen molar-refractivity contribution in [1.29, 1.82) is 0 Å². The van der Waals surface area contributed by atoms with Crippen LogP contribution in [0.4, 0.5) is 0 Å². The van der Waals surface area contributed by atoms with Crippen molar-refractivity contribution in [3.8, 4) is 0 Å². The molecule has 0 amide bonds. The molecule has 1 aromatic rings. The van der Waals surface area contributed by atoms with Crippen molar-refractivity contribution in [2.75, 3.05) is 12.3 Å². The fourth-order valence-corrected chi connectivity index (χ4v) is 4.45. The SMILES string of the molecule is CCCNC(CSC1CCCCC1)c1ccccc1C. The molecule has 112 valence electrons. The molecule has 1 N–H and O–H groups in total. The van der Waals surface area contributed by atoms with Crippen molar-refractivity contribution in [3.63, 3.8) is 0 Å². The lowest BCUT2D eigenvalue weighted by atomic mass is 10.0. The normalized spacial score (nSPS) is 18.1. The third-order valence-corrected chi connectivity index (χ3v) is 5.72. The smallest absolute Gasteiger partial charge is 0.0414 e. The van der Waals surface area contributed by atoms with Gasteiger partial charge in [0.2, 0.25) is 0 Å². The monoisotopic (exact) mass is 291 g/mol. The fourth-order valence-electron chi connectivity index (χ4n) is 3.02. The summed E-state index contributed by atoms with van der Waals surface area (Å²) >= 11 is 2.20. The quantitative estimate of drug-likeness (QED) is 0.750. The maximum absolute atomic E-state index is 3.75. The van der Waals surface area contributed by atoms with E-state index in [0.29, 0.717) is 6.04 Å². The Morgan fingerprint density at radius 1 is 1.20 bits per heavy atom. The Bertz CT molecular complexity index is 385. The zero-order valence-corrected chi connectivity index (χ0v) is 13.8. The van der Waals surface area contributed by atoms with Crippen LogP contribution in [0.5, 0.6) is 0 Å². The molecule has 0 spiro atoms. The summed E-state index contributed by atoms with van der Waals surface area (Å²) in [6, 6.07) is 9.37. The molecule has 0 radical (unpaired) electrons. The average molecular weight is 292 g/mol. The third kappa shape index (κ3) is 4.82. The van der Waals surface area contributed by atoms with E-state index in [-0.39, 0.29) is 0 Å². The van der Waals surface area contributed by atoms with Crippen molar-refractivity contribution in [2.24, 2.45) is 0 Å². The molecule has 1 atom stereocenters. The van der Waals surface area contributed by atoms with Crippen LogP contribution in [-0.4, -0.2) is 17.5 Å². The van der Waals surface area contributed by atoms with E-state index in [1.54, 1.807) is 0 Å². The summed E-state index contributed by atoms with van der Waals surface area (Å²) in [5.74, 6) is 1.22. The minimum Gasteiger partial charge on any atom is -0.309 e. The van der Waals surface area contributed by atoms with Crippen LogP contribution in [0.3, 0.4) is 0 Å². The van der Waals surface area contributed by atoms with Crippen molar-refractivity contribution >= 4 is 11.8 Å². The maximum Gasteiger partial charge on any atom is 0.0414 e. The number of benzene rings is 1. The van der Waals surface area contributed by atoms with Gasteiger partial charge < -0.3 is 5.32 Å². The van der Waals surface area contributed by atoms with E-state index >= 15 is 0 Å². The molecule has 0 aliphatic heterocycles. The molecule has 0 bridgehead atoms. The number of thioether (sulfide) groups is 1. The van der Waals surface area contributed by atoms with Gasteiger partial charge in [0.1, 0.15) is 0 Å². The van der Waals surface area contributed by atoms with Crippen LogP contribution in [0, 0.1) is 6.92 Å². The Morgan fingerprint density at radius 2 is 1.95 bits per heavy atom. The average Bonchev–Trinajstić information content (AvgIpc) is 2.49. The van der Waals surface area contributed by atoms with E-state index in [4.69, 9.17) is 0 Å². The molecule has 2 rings (SSSR count). The van der Waals surface area contributed by atoms with E-state index in [0.717, 1.165) is 11.8 Å². The van der Waals surface area contributed by atoms with E-state index in [1.807, 2.05) is 0 Å². The van der Waals surface area contributed by atoms with Gasteiger partial charge in [-0.25, -0.2) is 0 Å². The first kappa shape index (κ1) is 15.9. The summed E-state index contributed by atoms with van der Waals surface area (Å²) in [7, 11) is 0. The summed E-state index contributed by atoms with van der Waals surface area (Å²) in [5.41, 5.74) is 2.91. The lowest BCUT2D eigenvalue weighted by Crippen LogP contribution is -2.26. The highest BCUT2D eigenvalue weighted by Crippen LogP contribution is 2.31. The minimum absolute atomic E-state index is 0.517. The molecule has 2 heteroatoms. The van der Waals surface area contributed by atoms with Gasteiger partial charge in [-0.05, 0) is 43.9 Å². The molecule has 1 fully saturated rings. The molecule has 0 aromatic heterocycles. The number of rotatable bonds is 7. The predicted molar refractivity (Wildman–Crippen MR) is 91.5 cm³/mol. The summed E-state index contributed by atoms with van der Waals surface area (Å²) in [4.78, 5) is 0. The second kappa shape index (κ2) is 8.74. The minimum atomic E-state index is 0.517. The van der Waals surface area contributed by atoms with Crippen LogP contribution in [-0.2, 0) is 0 Å². The molecule has 0 heterocycles. The van der Waals surface area contributed by atoms with E-state index < -0.39 is 0 Å². The first-order valence-electron chi connectivity index (χ1n) is 8.21. The topological polar surface area (TPSA) is 12.0 Å². The van der Waals surface area contributed by atoms with Crippen LogP contribution in [0.15, 0.2) is 24.3 Å². The van der Waals surface area contributed by atoms with Gasteiger partial charge in [-0.1, -0.05) is 50.5 Å². The first-order chi connectivity index (χ1) is 9.81. The fraction of sp³-hybridized carbons (Fsp3) is 0.667. The second-order valence-corrected chi connectivity index (χ2v) is 7.29. The van der Waals surface area contributed by atoms with Gasteiger partial charge in [0, 0.05) is 17.0 Å². The van der Waals surface area contributed by atoms with Crippen LogP contribution in [0.2, 0.25) is 0 Å². The third-order valence-electron chi connectivity index (χ3n) is 4.26. The molecule has 1 saturated carbocycles. The highest BCUT2D eigenvalue weighted by atomic mass is 32.2.